The van der Waals surface area contributed by atoms with Crippen LogP contribution in [0.25, 0.3) is 0 Å². The summed E-state index contributed by atoms with van der Waals surface area (Å²) in [5.74, 6) is -1.00. The van der Waals surface area contributed by atoms with Crippen LogP contribution in [0.4, 0.5) is 4.79 Å². The lowest BCUT2D eigenvalue weighted by Gasteiger charge is -2.39. The van der Waals surface area contributed by atoms with Gasteiger partial charge < -0.3 is 14.7 Å². The molecule has 1 amide bonds. The van der Waals surface area contributed by atoms with Crippen LogP contribution in [0.3, 0.4) is 0 Å². The van der Waals surface area contributed by atoms with Gasteiger partial charge in [-0.05, 0) is 27.2 Å². The molecule has 1 heterocycles. The van der Waals surface area contributed by atoms with Crippen molar-refractivity contribution in [2.45, 2.75) is 38.8 Å². The number of carboxylic acid groups (broad SMARTS) is 1. The third kappa shape index (κ3) is 3.56. The summed E-state index contributed by atoms with van der Waals surface area (Å²) in [5.41, 5.74) is -0.520. The van der Waals surface area contributed by atoms with Gasteiger partial charge in [-0.15, -0.1) is 0 Å². The van der Waals surface area contributed by atoms with Crippen LogP contribution in [-0.2, 0) is 9.53 Å². The van der Waals surface area contributed by atoms with E-state index < -0.39 is 17.7 Å². The Kier molecular flexibility index (Phi) is 3.57. The normalized spacial score (nSPS) is 20.7. The zero-order chi connectivity index (χ0) is 12.3. The van der Waals surface area contributed by atoms with E-state index in [0.717, 1.165) is 12.5 Å². The summed E-state index contributed by atoms with van der Waals surface area (Å²) in [6.45, 7) is 6.01. The fourth-order valence-electron chi connectivity index (χ4n) is 1.35. The highest BCUT2D eigenvalue weighted by Crippen LogP contribution is 2.21. The highest BCUT2D eigenvalue weighted by molar-refractivity contribution is 5.80. The van der Waals surface area contributed by atoms with Crippen LogP contribution in [0.15, 0.2) is 12.2 Å². The monoisotopic (exact) mass is 227 g/mol. The number of ether oxygens (including phenoxy) is 1. The fourth-order valence-corrected chi connectivity index (χ4v) is 1.35. The van der Waals surface area contributed by atoms with Gasteiger partial charge in [0.2, 0.25) is 0 Å². The van der Waals surface area contributed by atoms with Crippen LogP contribution in [0.5, 0.6) is 0 Å². The Morgan fingerprint density at radius 1 is 1.44 bits per heavy atom. The molecule has 0 aliphatic carbocycles. The molecule has 0 aromatic carbocycles. The molecule has 1 aliphatic rings. The van der Waals surface area contributed by atoms with E-state index in [2.05, 4.69) is 0 Å². The number of rotatable bonds is 2. The Labute approximate surface area is 94.7 Å². The van der Waals surface area contributed by atoms with E-state index in [1.807, 2.05) is 0 Å². The van der Waals surface area contributed by atoms with Gasteiger partial charge in [-0.3, -0.25) is 0 Å². The number of amides is 1. The molecule has 1 fully saturated rings. The van der Waals surface area contributed by atoms with Crippen molar-refractivity contribution in [3.8, 4) is 0 Å². The molecule has 0 aromatic heterocycles. The van der Waals surface area contributed by atoms with Crippen LogP contribution in [0, 0.1) is 0 Å². The molecule has 5 nitrogen and oxygen atoms in total. The van der Waals surface area contributed by atoms with Crippen molar-refractivity contribution in [2.24, 2.45) is 0 Å². The molecule has 90 valence electrons. The second-order valence-corrected chi connectivity index (χ2v) is 4.73. The van der Waals surface area contributed by atoms with Crippen LogP contribution >= 0.6 is 0 Å². The molecule has 1 atom stereocenters. The van der Waals surface area contributed by atoms with Gasteiger partial charge in [0, 0.05) is 12.6 Å². The summed E-state index contributed by atoms with van der Waals surface area (Å²) in [4.78, 5) is 23.5. The molecular formula is C11H17NO4. The number of hydrogen-bond donors (Lipinski definition) is 1. The second kappa shape index (κ2) is 4.55. The average molecular weight is 227 g/mol. The Morgan fingerprint density at radius 3 is 2.44 bits per heavy atom. The van der Waals surface area contributed by atoms with E-state index in [0.29, 0.717) is 6.54 Å². The number of likely N-dealkylation sites (tertiary alicyclic amines) is 1. The molecular weight excluding hydrogens is 210 g/mol. The number of hydrogen-bond acceptors (Lipinski definition) is 3. The lowest BCUT2D eigenvalue weighted by atomic mass is 10.0. The van der Waals surface area contributed by atoms with E-state index in [-0.39, 0.29) is 6.04 Å². The Balaban J connectivity index is 2.49. The third-order valence-electron chi connectivity index (χ3n) is 2.16. The highest BCUT2D eigenvalue weighted by Gasteiger charge is 2.33. The zero-order valence-electron chi connectivity index (χ0n) is 9.77. The van der Waals surface area contributed by atoms with E-state index >= 15 is 0 Å². The number of carbonyl (C=O) groups is 2. The number of aliphatic carboxylic acids is 1. The molecule has 1 saturated heterocycles. The Hall–Kier alpha value is -1.52. The molecule has 0 aromatic rings. The predicted molar refractivity (Wildman–Crippen MR) is 58.1 cm³/mol. The van der Waals surface area contributed by atoms with E-state index in [9.17, 15) is 9.59 Å². The number of carboxylic acids is 1. The van der Waals surface area contributed by atoms with Crippen LogP contribution in [-0.4, -0.2) is 40.3 Å². The van der Waals surface area contributed by atoms with Gasteiger partial charge in [0.05, 0.1) is 6.04 Å². The Bertz CT molecular complexity index is 316. The molecule has 0 spiro atoms. The van der Waals surface area contributed by atoms with Crippen molar-refractivity contribution in [3.63, 3.8) is 0 Å². The predicted octanol–water partition coefficient (Wildman–Crippen LogP) is 1.64. The first kappa shape index (κ1) is 12.5. The van der Waals surface area contributed by atoms with Crippen molar-refractivity contribution in [1.29, 1.82) is 0 Å². The van der Waals surface area contributed by atoms with Crippen molar-refractivity contribution in [2.75, 3.05) is 6.54 Å². The number of nitrogens with zero attached hydrogens (tertiary/aromatic N) is 1. The van der Waals surface area contributed by atoms with Gasteiger partial charge >= 0.3 is 12.1 Å². The lowest BCUT2D eigenvalue weighted by Crippen LogP contribution is -2.51. The van der Waals surface area contributed by atoms with Crippen molar-refractivity contribution in [3.05, 3.63) is 12.2 Å². The third-order valence-corrected chi connectivity index (χ3v) is 2.16. The van der Waals surface area contributed by atoms with Crippen LogP contribution in [0.2, 0.25) is 0 Å². The summed E-state index contributed by atoms with van der Waals surface area (Å²) < 4.78 is 5.18. The summed E-state index contributed by atoms with van der Waals surface area (Å²) in [6, 6.07) is -0.147. The van der Waals surface area contributed by atoms with Gasteiger partial charge in [0.15, 0.2) is 0 Å². The highest BCUT2D eigenvalue weighted by atomic mass is 16.6. The molecule has 5 heteroatoms. The smallest absolute Gasteiger partial charge is 0.410 e. The van der Waals surface area contributed by atoms with Gasteiger partial charge in [-0.2, -0.15) is 0 Å². The summed E-state index contributed by atoms with van der Waals surface area (Å²) >= 11 is 0. The number of carbonyl (C=O) groups excluding carboxylic acids is 1. The first-order valence-corrected chi connectivity index (χ1v) is 5.20. The molecule has 1 rings (SSSR count). The van der Waals surface area contributed by atoms with E-state index in [1.54, 1.807) is 20.8 Å². The minimum Gasteiger partial charge on any atom is -0.478 e. The van der Waals surface area contributed by atoms with E-state index in [4.69, 9.17) is 9.84 Å². The molecule has 0 saturated carbocycles. The summed E-state index contributed by atoms with van der Waals surface area (Å²) in [7, 11) is 0. The summed E-state index contributed by atoms with van der Waals surface area (Å²) in [5, 5.41) is 8.47. The first-order valence-electron chi connectivity index (χ1n) is 5.20. The molecule has 1 aliphatic heterocycles. The lowest BCUT2D eigenvalue weighted by molar-refractivity contribution is -0.131. The SMILES string of the molecule is CC(C)(C)OC(=O)N1CC[C@@H]1/C=C/C(=O)O. The Morgan fingerprint density at radius 2 is 2.06 bits per heavy atom. The molecule has 0 bridgehead atoms. The quantitative estimate of drug-likeness (QED) is 0.728. The maximum absolute atomic E-state index is 11.6. The van der Waals surface area contributed by atoms with Gasteiger partial charge in [-0.25, -0.2) is 9.59 Å². The standard InChI is InChI=1S/C11H17NO4/c1-11(2,3)16-10(15)12-7-6-8(12)4-5-9(13)14/h4-5,8H,6-7H2,1-3H3,(H,13,14)/b5-4+/t8-/m0/s1. The topological polar surface area (TPSA) is 66.8 Å². The van der Waals surface area contributed by atoms with Crippen LogP contribution in [0.1, 0.15) is 27.2 Å². The second-order valence-electron chi connectivity index (χ2n) is 4.73. The average Bonchev–Trinajstić information content (AvgIpc) is 1.96. The van der Waals surface area contributed by atoms with Crippen molar-refractivity contribution >= 4 is 12.1 Å². The molecule has 1 N–H and O–H groups in total. The molecule has 0 unspecified atom stereocenters. The minimum absolute atomic E-state index is 0.147. The zero-order valence-corrected chi connectivity index (χ0v) is 9.77. The summed E-state index contributed by atoms with van der Waals surface area (Å²) in [6.07, 6.45) is 2.96. The van der Waals surface area contributed by atoms with Gasteiger partial charge in [0.1, 0.15) is 5.60 Å². The van der Waals surface area contributed by atoms with Crippen LogP contribution < -0.4 is 0 Å². The van der Waals surface area contributed by atoms with Crippen molar-refractivity contribution < 1.29 is 19.4 Å². The maximum atomic E-state index is 11.6. The first-order chi connectivity index (χ1) is 7.29. The fraction of sp³-hybridized carbons (Fsp3) is 0.636. The van der Waals surface area contributed by atoms with E-state index in [1.165, 1.54) is 11.0 Å². The molecule has 0 radical (unpaired) electrons. The van der Waals surface area contributed by atoms with Gasteiger partial charge in [-0.1, -0.05) is 6.08 Å². The van der Waals surface area contributed by atoms with Crippen molar-refractivity contribution in [1.82, 2.24) is 4.90 Å². The molecule has 16 heavy (non-hydrogen) atoms. The largest absolute Gasteiger partial charge is 0.478 e. The maximum Gasteiger partial charge on any atom is 0.410 e. The van der Waals surface area contributed by atoms with Gasteiger partial charge in [0.25, 0.3) is 0 Å². The minimum atomic E-state index is -1.00.